The SMILES string of the molecule is CCOC(=O)c1c(NC(=O)CNCCc2ccccc2)sc(C)c1C. The first-order valence-corrected chi connectivity index (χ1v) is 9.16. The van der Waals surface area contributed by atoms with Gasteiger partial charge in [0.15, 0.2) is 0 Å². The van der Waals surface area contributed by atoms with Crippen molar-refractivity contribution >= 4 is 28.2 Å². The highest BCUT2D eigenvalue weighted by atomic mass is 32.1. The van der Waals surface area contributed by atoms with Gasteiger partial charge in [-0.2, -0.15) is 0 Å². The number of carbonyl (C=O) groups is 2. The molecule has 0 spiro atoms. The van der Waals surface area contributed by atoms with Crippen molar-refractivity contribution in [3.63, 3.8) is 0 Å². The molecule has 0 saturated carbocycles. The first-order chi connectivity index (χ1) is 12.0. The second kappa shape index (κ2) is 9.34. The van der Waals surface area contributed by atoms with Crippen LogP contribution in [-0.2, 0) is 16.0 Å². The first kappa shape index (κ1) is 19.1. The van der Waals surface area contributed by atoms with Gasteiger partial charge in [-0.3, -0.25) is 4.79 Å². The predicted octanol–water partition coefficient (Wildman–Crippen LogP) is 3.31. The van der Waals surface area contributed by atoms with Gasteiger partial charge in [-0.25, -0.2) is 4.79 Å². The Morgan fingerprint density at radius 3 is 2.56 bits per heavy atom. The molecule has 0 saturated heterocycles. The Labute approximate surface area is 152 Å². The highest BCUT2D eigenvalue weighted by Gasteiger charge is 2.21. The lowest BCUT2D eigenvalue weighted by atomic mass is 10.1. The van der Waals surface area contributed by atoms with E-state index in [0.717, 1.165) is 16.9 Å². The van der Waals surface area contributed by atoms with Gasteiger partial charge in [0.1, 0.15) is 5.00 Å². The van der Waals surface area contributed by atoms with Crippen LogP contribution >= 0.6 is 11.3 Å². The van der Waals surface area contributed by atoms with Gasteiger partial charge in [0.05, 0.1) is 18.7 Å². The van der Waals surface area contributed by atoms with Crippen LogP contribution < -0.4 is 10.6 Å². The van der Waals surface area contributed by atoms with E-state index in [4.69, 9.17) is 4.74 Å². The zero-order valence-corrected chi connectivity index (χ0v) is 15.7. The molecule has 2 N–H and O–H groups in total. The molecule has 0 aliphatic heterocycles. The molecule has 5 nitrogen and oxygen atoms in total. The highest BCUT2D eigenvalue weighted by molar-refractivity contribution is 7.16. The summed E-state index contributed by atoms with van der Waals surface area (Å²) in [5.74, 6) is -0.559. The molecule has 2 rings (SSSR count). The Morgan fingerprint density at radius 1 is 1.16 bits per heavy atom. The summed E-state index contributed by atoms with van der Waals surface area (Å²) < 4.78 is 5.09. The summed E-state index contributed by atoms with van der Waals surface area (Å²) in [6.45, 7) is 6.78. The molecule has 134 valence electrons. The maximum Gasteiger partial charge on any atom is 0.341 e. The molecule has 1 heterocycles. The Kier molecular flexibility index (Phi) is 7.16. The molecule has 0 fully saturated rings. The van der Waals surface area contributed by atoms with Crippen molar-refractivity contribution in [3.05, 3.63) is 51.9 Å². The molecular formula is C19H24N2O3S. The molecule has 1 aromatic carbocycles. The van der Waals surface area contributed by atoms with Gasteiger partial charge in [-0.15, -0.1) is 11.3 Å². The van der Waals surface area contributed by atoms with Crippen molar-refractivity contribution in [2.24, 2.45) is 0 Å². The van der Waals surface area contributed by atoms with Crippen molar-refractivity contribution in [1.29, 1.82) is 0 Å². The number of aryl methyl sites for hydroxylation is 1. The average molecular weight is 360 g/mol. The fourth-order valence-electron chi connectivity index (χ4n) is 2.41. The van der Waals surface area contributed by atoms with E-state index in [1.165, 1.54) is 16.9 Å². The Morgan fingerprint density at radius 2 is 1.88 bits per heavy atom. The van der Waals surface area contributed by atoms with E-state index in [2.05, 4.69) is 22.8 Å². The molecule has 0 radical (unpaired) electrons. The number of esters is 1. The van der Waals surface area contributed by atoms with Crippen LogP contribution in [0.1, 0.15) is 33.3 Å². The number of thiophene rings is 1. The molecule has 1 aromatic heterocycles. The number of amides is 1. The summed E-state index contributed by atoms with van der Waals surface area (Å²) in [6, 6.07) is 10.1. The lowest BCUT2D eigenvalue weighted by Crippen LogP contribution is -2.29. The minimum Gasteiger partial charge on any atom is -0.462 e. The monoisotopic (exact) mass is 360 g/mol. The van der Waals surface area contributed by atoms with E-state index in [-0.39, 0.29) is 12.5 Å². The molecule has 0 aliphatic rings. The van der Waals surface area contributed by atoms with Gasteiger partial charge < -0.3 is 15.4 Å². The molecule has 0 bridgehead atoms. The largest absolute Gasteiger partial charge is 0.462 e. The van der Waals surface area contributed by atoms with Gasteiger partial charge in [0, 0.05) is 4.88 Å². The summed E-state index contributed by atoms with van der Waals surface area (Å²) in [6.07, 6.45) is 0.861. The van der Waals surface area contributed by atoms with E-state index in [0.29, 0.717) is 23.7 Å². The van der Waals surface area contributed by atoms with Gasteiger partial charge in [-0.05, 0) is 44.9 Å². The number of carbonyl (C=O) groups excluding carboxylic acids is 2. The molecule has 2 aromatic rings. The third kappa shape index (κ3) is 5.41. The molecule has 25 heavy (non-hydrogen) atoms. The lowest BCUT2D eigenvalue weighted by Gasteiger charge is -2.08. The number of hydrogen-bond acceptors (Lipinski definition) is 5. The van der Waals surface area contributed by atoms with Crippen LogP contribution in [0, 0.1) is 13.8 Å². The minimum atomic E-state index is -0.392. The number of benzene rings is 1. The van der Waals surface area contributed by atoms with Gasteiger partial charge in [0.25, 0.3) is 0 Å². The Hall–Kier alpha value is -2.18. The van der Waals surface area contributed by atoms with E-state index < -0.39 is 5.97 Å². The second-order valence-corrected chi connectivity index (χ2v) is 6.89. The summed E-state index contributed by atoms with van der Waals surface area (Å²) in [4.78, 5) is 25.3. The molecule has 0 aliphatic carbocycles. The Bertz CT molecular complexity index is 726. The van der Waals surface area contributed by atoms with Crippen molar-refractivity contribution in [2.75, 3.05) is 25.0 Å². The van der Waals surface area contributed by atoms with E-state index in [1.54, 1.807) is 6.92 Å². The summed E-state index contributed by atoms with van der Waals surface area (Å²) >= 11 is 1.40. The molecule has 1 amide bonds. The lowest BCUT2D eigenvalue weighted by molar-refractivity contribution is -0.115. The maximum atomic E-state index is 12.2. The van der Waals surface area contributed by atoms with Crippen LogP contribution in [0.4, 0.5) is 5.00 Å². The smallest absolute Gasteiger partial charge is 0.341 e. The molecule has 6 heteroatoms. The third-order valence-electron chi connectivity index (χ3n) is 3.84. The van der Waals surface area contributed by atoms with Crippen LogP contribution in [0.15, 0.2) is 30.3 Å². The number of rotatable bonds is 8. The highest BCUT2D eigenvalue weighted by Crippen LogP contribution is 2.32. The first-order valence-electron chi connectivity index (χ1n) is 8.34. The standard InChI is InChI=1S/C19H24N2O3S/c1-4-24-19(23)17-13(2)14(3)25-18(17)21-16(22)12-20-11-10-15-8-6-5-7-9-15/h5-9,20H,4,10-12H2,1-3H3,(H,21,22). The van der Waals surface area contributed by atoms with Gasteiger partial charge in [0.2, 0.25) is 5.91 Å². The minimum absolute atomic E-state index is 0.167. The third-order valence-corrected chi connectivity index (χ3v) is 4.96. The number of hydrogen-bond donors (Lipinski definition) is 2. The Balaban J connectivity index is 1.88. The van der Waals surface area contributed by atoms with Crippen molar-refractivity contribution in [3.8, 4) is 0 Å². The van der Waals surface area contributed by atoms with Gasteiger partial charge >= 0.3 is 5.97 Å². The van der Waals surface area contributed by atoms with Crippen LogP contribution in [0.3, 0.4) is 0 Å². The van der Waals surface area contributed by atoms with Crippen molar-refractivity contribution in [1.82, 2.24) is 5.32 Å². The van der Waals surface area contributed by atoms with Crippen LogP contribution in [0.25, 0.3) is 0 Å². The van der Waals surface area contributed by atoms with Crippen LogP contribution in [-0.4, -0.2) is 31.6 Å². The quantitative estimate of drug-likeness (QED) is 0.560. The zero-order chi connectivity index (χ0) is 18.2. The number of nitrogens with one attached hydrogen (secondary N) is 2. The molecular weight excluding hydrogens is 336 g/mol. The topological polar surface area (TPSA) is 67.4 Å². The molecule has 0 atom stereocenters. The summed E-state index contributed by atoms with van der Waals surface area (Å²) in [7, 11) is 0. The van der Waals surface area contributed by atoms with E-state index >= 15 is 0 Å². The number of ether oxygens (including phenoxy) is 1. The van der Waals surface area contributed by atoms with Crippen LogP contribution in [0.5, 0.6) is 0 Å². The van der Waals surface area contributed by atoms with Crippen molar-refractivity contribution < 1.29 is 14.3 Å². The summed E-state index contributed by atoms with van der Waals surface area (Å²) in [5.41, 5.74) is 2.54. The second-order valence-electron chi connectivity index (χ2n) is 5.67. The normalized spacial score (nSPS) is 10.5. The maximum absolute atomic E-state index is 12.2. The van der Waals surface area contributed by atoms with E-state index in [1.807, 2.05) is 32.0 Å². The predicted molar refractivity (Wildman–Crippen MR) is 101 cm³/mol. The number of anilines is 1. The average Bonchev–Trinajstić information content (AvgIpc) is 2.87. The van der Waals surface area contributed by atoms with E-state index in [9.17, 15) is 9.59 Å². The van der Waals surface area contributed by atoms with Crippen LogP contribution in [0.2, 0.25) is 0 Å². The fraction of sp³-hybridized carbons (Fsp3) is 0.368. The zero-order valence-electron chi connectivity index (χ0n) is 14.8. The summed E-state index contributed by atoms with van der Waals surface area (Å²) in [5, 5.41) is 6.51. The van der Waals surface area contributed by atoms with Crippen molar-refractivity contribution in [2.45, 2.75) is 27.2 Å². The van der Waals surface area contributed by atoms with Gasteiger partial charge in [-0.1, -0.05) is 30.3 Å². The molecule has 0 unspecified atom stereocenters. The fourth-order valence-corrected chi connectivity index (χ4v) is 3.48.